The lowest BCUT2D eigenvalue weighted by Crippen LogP contribution is -2.13. The van der Waals surface area contributed by atoms with Gasteiger partial charge >= 0.3 is 0 Å². The van der Waals surface area contributed by atoms with Crippen LogP contribution in [-0.4, -0.2) is 20.0 Å². The number of rotatable bonds is 4. The van der Waals surface area contributed by atoms with Gasteiger partial charge in [0.2, 0.25) is 0 Å². The van der Waals surface area contributed by atoms with E-state index in [0.29, 0.717) is 5.41 Å². The second-order valence-corrected chi connectivity index (χ2v) is 5.50. The predicted molar refractivity (Wildman–Crippen MR) is 71.8 cm³/mol. The summed E-state index contributed by atoms with van der Waals surface area (Å²) in [5.41, 5.74) is 1.26. The normalized spacial score (nSPS) is 16.9. The molecule has 0 spiro atoms. The molecule has 1 heterocycles. The highest BCUT2D eigenvalue weighted by atomic mass is 79.9. The summed E-state index contributed by atoms with van der Waals surface area (Å²) in [4.78, 5) is 10.4. The first-order valence-electron chi connectivity index (χ1n) is 5.79. The molecule has 2 aromatic rings. The van der Waals surface area contributed by atoms with Crippen LogP contribution >= 0.6 is 15.9 Å². The molecule has 1 saturated carbocycles. The molecular formula is C12H12BrN3O2. The van der Waals surface area contributed by atoms with Crippen molar-refractivity contribution in [3.8, 4) is 0 Å². The van der Waals surface area contributed by atoms with E-state index in [9.17, 15) is 10.1 Å². The third-order valence-electron chi connectivity index (χ3n) is 3.56. The van der Waals surface area contributed by atoms with E-state index in [1.54, 1.807) is 18.3 Å². The van der Waals surface area contributed by atoms with Crippen molar-refractivity contribution in [3.05, 3.63) is 34.5 Å². The van der Waals surface area contributed by atoms with Gasteiger partial charge in [0.1, 0.15) is 0 Å². The molecule has 0 aliphatic heterocycles. The van der Waals surface area contributed by atoms with Gasteiger partial charge in [0, 0.05) is 29.4 Å². The second kappa shape index (κ2) is 4.05. The number of non-ortho nitro benzene ring substituents is 1. The van der Waals surface area contributed by atoms with E-state index in [-0.39, 0.29) is 10.6 Å². The molecule has 18 heavy (non-hydrogen) atoms. The quantitative estimate of drug-likeness (QED) is 0.495. The zero-order chi connectivity index (χ0) is 12.8. The van der Waals surface area contributed by atoms with Gasteiger partial charge in [-0.15, -0.1) is 0 Å². The van der Waals surface area contributed by atoms with Gasteiger partial charge in [-0.2, -0.15) is 5.10 Å². The van der Waals surface area contributed by atoms with Crippen molar-refractivity contribution in [2.24, 2.45) is 5.41 Å². The van der Waals surface area contributed by atoms with Crippen LogP contribution in [0.25, 0.3) is 10.9 Å². The molecule has 1 aliphatic rings. The van der Waals surface area contributed by atoms with Crippen LogP contribution in [0, 0.1) is 15.5 Å². The van der Waals surface area contributed by atoms with Crippen molar-refractivity contribution < 1.29 is 4.92 Å². The molecule has 6 heteroatoms. The summed E-state index contributed by atoms with van der Waals surface area (Å²) in [6, 6.07) is 4.88. The summed E-state index contributed by atoms with van der Waals surface area (Å²) < 4.78 is 1.89. The zero-order valence-corrected chi connectivity index (χ0v) is 11.3. The fourth-order valence-corrected chi connectivity index (χ4v) is 2.86. The van der Waals surface area contributed by atoms with Crippen molar-refractivity contribution in [2.45, 2.75) is 19.4 Å². The second-order valence-electron chi connectivity index (χ2n) is 4.94. The molecule has 0 bridgehead atoms. The molecule has 1 aromatic carbocycles. The standard InChI is InChI=1S/C12H12BrN3O2/c13-7-12(3-4-12)8-15-11-5-10(16(17)18)2-1-9(11)6-14-15/h1-2,5-6H,3-4,7-8H2. The largest absolute Gasteiger partial charge is 0.271 e. The van der Waals surface area contributed by atoms with E-state index in [2.05, 4.69) is 21.0 Å². The monoisotopic (exact) mass is 309 g/mol. The molecule has 1 aromatic heterocycles. The highest BCUT2D eigenvalue weighted by molar-refractivity contribution is 9.09. The van der Waals surface area contributed by atoms with Gasteiger partial charge in [0.25, 0.3) is 5.69 Å². The van der Waals surface area contributed by atoms with Gasteiger partial charge in [0.05, 0.1) is 16.6 Å². The molecule has 0 radical (unpaired) electrons. The molecule has 0 atom stereocenters. The van der Waals surface area contributed by atoms with Crippen LogP contribution in [0.1, 0.15) is 12.8 Å². The highest BCUT2D eigenvalue weighted by Gasteiger charge is 2.42. The molecule has 0 saturated heterocycles. The first kappa shape index (κ1) is 11.6. The third-order valence-corrected chi connectivity index (χ3v) is 4.75. The Balaban J connectivity index is 2.01. The molecule has 1 fully saturated rings. The van der Waals surface area contributed by atoms with Crippen molar-refractivity contribution in [1.29, 1.82) is 0 Å². The first-order chi connectivity index (χ1) is 8.63. The topological polar surface area (TPSA) is 61.0 Å². The average Bonchev–Trinajstić information content (AvgIpc) is 3.04. The van der Waals surface area contributed by atoms with Crippen LogP contribution in [-0.2, 0) is 6.54 Å². The number of aromatic nitrogens is 2. The Bertz CT molecular complexity index is 619. The van der Waals surface area contributed by atoms with E-state index in [1.807, 2.05) is 4.68 Å². The number of fused-ring (bicyclic) bond motifs is 1. The summed E-state index contributed by atoms with van der Waals surface area (Å²) in [5, 5.41) is 17.0. The SMILES string of the molecule is O=[N+]([O-])c1ccc2cnn(CC3(CBr)CC3)c2c1. The van der Waals surface area contributed by atoms with Crippen molar-refractivity contribution in [1.82, 2.24) is 9.78 Å². The van der Waals surface area contributed by atoms with Gasteiger partial charge in [-0.3, -0.25) is 14.8 Å². The number of hydrogen-bond donors (Lipinski definition) is 0. The molecule has 0 amide bonds. The van der Waals surface area contributed by atoms with Crippen LogP contribution in [0.4, 0.5) is 5.69 Å². The van der Waals surface area contributed by atoms with Crippen LogP contribution in [0.15, 0.2) is 24.4 Å². The number of hydrogen-bond acceptors (Lipinski definition) is 3. The Morgan fingerprint density at radius 2 is 2.28 bits per heavy atom. The molecule has 94 valence electrons. The Hall–Kier alpha value is -1.43. The lowest BCUT2D eigenvalue weighted by molar-refractivity contribution is -0.384. The summed E-state index contributed by atoms with van der Waals surface area (Å²) in [6.45, 7) is 0.822. The maximum Gasteiger partial charge on any atom is 0.271 e. The minimum atomic E-state index is -0.367. The number of nitro benzene ring substituents is 1. The molecule has 0 unspecified atom stereocenters. The lowest BCUT2D eigenvalue weighted by atomic mass is 10.1. The van der Waals surface area contributed by atoms with Crippen molar-refractivity contribution in [2.75, 3.05) is 5.33 Å². The minimum Gasteiger partial charge on any atom is -0.264 e. The van der Waals surface area contributed by atoms with E-state index in [1.165, 1.54) is 18.9 Å². The van der Waals surface area contributed by atoms with Gasteiger partial charge in [-0.05, 0) is 24.3 Å². The highest BCUT2D eigenvalue weighted by Crippen LogP contribution is 2.48. The van der Waals surface area contributed by atoms with Gasteiger partial charge in [-0.1, -0.05) is 15.9 Å². The Labute approximate surface area is 112 Å². The zero-order valence-electron chi connectivity index (χ0n) is 9.67. The summed E-state index contributed by atoms with van der Waals surface area (Å²) in [7, 11) is 0. The number of halogens is 1. The smallest absolute Gasteiger partial charge is 0.264 e. The molecule has 1 aliphatic carbocycles. The number of alkyl halides is 1. The van der Waals surface area contributed by atoms with Gasteiger partial charge in [-0.25, -0.2) is 0 Å². The molecule has 0 N–H and O–H groups in total. The van der Waals surface area contributed by atoms with Gasteiger partial charge < -0.3 is 0 Å². The van der Waals surface area contributed by atoms with E-state index < -0.39 is 0 Å². The summed E-state index contributed by atoms with van der Waals surface area (Å²) >= 11 is 3.53. The van der Waals surface area contributed by atoms with Crippen LogP contribution in [0.5, 0.6) is 0 Å². The lowest BCUT2D eigenvalue weighted by Gasteiger charge is -2.11. The third kappa shape index (κ3) is 1.90. The minimum absolute atomic E-state index is 0.118. The van der Waals surface area contributed by atoms with E-state index in [4.69, 9.17) is 0 Å². The van der Waals surface area contributed by atoms with Crippen molar-refractivity contribution in [3.63, 3.8) is 0 Å². The number of nitro groups is 1. The number of nitrogens with zero attached hydrogens (tertiary/aromatic N) is 3. The maximum absolute atomic E-state index is 10.8. The van der Waals surface area contributed by atoms with E-state index >= 15 is 0 Å². The maximum atomic E-state index is 10.8. The fraction of sp³-hybridized carbons (Fsp3) is 0.417. The van der Waals surface area contributed by atoms with Crippen molar-refractivity contribution >= 4 is 32.5 Å². The average molecular weight is 310 g/mol. The predicted octanol–water partition coefficient (Wildman–Crippen LogP) is 3.12. The first-order valence-corrected chi connectivity index (χ1v) is 6.92. The van der Waals surface area contributed by atoms with Crippen LogP contribution in [0.3, 0.4) is 0 Å². The molecule has 5 nitrogen and oxygen atoms in total. The van der Waals surface area contributed by atoms with Crippen LogP contribution in [0.2, 0.25) is 0 Å². The van der Waals surface area contributed by atoms with Gasteiger partial charge in [0.15, 0.2) is 0 Å². The van der Waals surface area contributed by atoms with E-state index in [0.717, 1.165) is 22.8 Å². The summed E-state index contributed by atoms with van der Waals surface area (Å²) in [5.74, 6) is 0. The summed E-state index contributed by atoms with van der Waals surface area (Å²) in [6.07, 6.45) is 4.15. The Kier molecular flexibility index (Phi) is 2.62. The Morgan fingerprint density at radius 3 is 2.89 bits per heavy atom. The van der Waals surface area contributed by atoms with Crippen LogP contribution < -0.4 is 0 Å². The Morgan fingerprint density at radius 1 is 1.50 bits per heavy atom. The molecule has 3 rings (SSSR count). The molecular weight excluding hydrogens is 298 g/mol. The number of benzene rings is 1. The fourth-order valence-electron chi connectivity index (χ4n) is 2.13.